The molecule has 0 aliphatic rings. The molecule has 2 nitrogen and oxygen atoms in total. The van der Waals surface area contributed by atoms with Crippen LogP contribution >= 0.6 is 11.8 Å². The van der Waals surface area contributed by atoms with E-state index in [0.29, 0.717) is 5.92 Å². The van der Waals surface area contributed by atoms with Crippen molar-refractivity contribution in [3.05, 3.63) is 0 Å². The lowest BCUT2D eigenvalue weighted by atomic mass is 9.97. The number of carbonyl (C=O) groups is 1. The second-order valence-corrected chi connectivity index (χ2v) is 5.91. The minimum Gasteiger partial charge on any atom is -0.480 e. The third-order valence-corrected chi connectivity index (χ3v) is 4.36. The molecule has 90 valence electrons. The van der Waals surface area contributed by atoms with Crippen LogP contribution in [0.1, 0.15) is 53.4 Å². The summed E-state index contributed by atoms with van der Waals surface area (Å²) in [5, 5.41) is 9.38. The molecule has 0 aromatic rings. The van der Waals surface area contributed by atoms with Gasteiger partial charge in [0.2, 0.25) is 0 Å². The second kappa shape index (κ2) is 7.15. The van der Waals surface area contributed by atoms with E-state index in [-0.39, 0.29) is 0 Å². The first-order valence-electron chi connectivity index (χ1n) is 5.85. The van der Waals surface area contributed by atoms with Gasteiger partial charge in [0.05, 0.1) is 0 Å². The summed E-state index contributed by atoms with van der Waals surface area (Å²) in [6.07, 6.45) is 3.45. The van der Waals surface area contributed by atoms with Gasteiger partial charge in [-0.05, 0) is 24.5 Å². The van der Waals surface area contributed by atoms with Gasteiger partial charge in [0.25, 0.3) is 0 Å². The van der Waals surface area contributed by atoms with Crippen LogP contribution in [-0.2, 0) is 4.79 Å². The van der Waals surface area contributed by atoms with Gasteiger partial charge in [-0.25, -0.2) is 0 Å². The fourth-order valence-electron chi connectivity index (χ4n) is 1.68. The molecule has 3 heteroatoms. The van der Waals surface area contributed by atoms with Crippen molar-refractivity contribution in [3.8, 4) is 0 Å². The summed E-state index contributed by atoms with van der Waals surface area (Å²) in [6, 6.07) is 0. The third kappa shape index (κ3) is 4.92. The van der Waals surface area contributed by atoms with Gasteiger partial charge in [-0.15, -0.1) is 11.8 Å². The molecule has 0 saturated carbocycles. The minimum absolute atomic E-state index is 0.534. The molecule has 0 saturated heterocycles. The van der Waals surface area contributed by atoms with Gasteiger partial charge in [0.15, 0.2) is 0 Å². The highest BCUT2D eigenvalue weighted by Crippen LogP contribution is 2.36. The molecule has 0 aromatic heterocycles. The number of hydrogen-bond acceptors (Lipinski definition) is 2. The molecule has 0 aliphatic carbocycles. The molecule has 0 unspecified atom stereocenters. The minimum atomic E-state index is -0.628. The lowest BCUT2D eigenvalue weighted by molar-refractivity contribution is -0.140. The first-order valence-corrected chi connectivity index (χ1v) is 6.84. The molecule has 0 bridgehead atoms. The first kappa shape index (κ1) is 14.8. The highest BCUT2D eigenvalue weighted by atomic mass is 32.2. The molecular formula is C12H24O2S. The van der Waals surface area contributed by atoms with Crippen LogP contribution < -0.4 is 0 Å². The molecule has 15 heavy (non-hydrogen) atoms. The number of aliphatic carboxylic acids is 1. The molecule has 0 radical (unpaired) electrons. The van der Waals surface area contributed by atoms with Crippen molar-refractivity contribution in [2.45, 2.75) is 58.1 Å². The monoisotopic (exact) mass is 232 g/mol. The number of hydrogen-bond donors (Lipinski definition) is 1. The van der Waals surface area contributed by atoms with Crippen molar-refractivity contribution in [2.24, 2.45) is 5.92 Å². The van der Waals surface area contributed by atoms with E-state index >= 15 is 0 Å². The smallest absolute Gasteiger partial charge is 0.319 e. The van der Waals surface area contributed by atoms with Gasteiger partial charge < -0.3 is 5.11 Å². The molecule has 0 spiro atoms. The summed E-state index contributed by atoms with van der Waals surface area (Å²) < 4.78 is -0.534. The molecular weight excluding hydrogens is 208 g/mol. The van der Waals surface area contributed by atoms with Gasteiger partial charge >= 0.3 is 5.97 Å². The molecule has 0 atom stereocenters. The van der Waals surface area contributed by atoms with Crippen LogP contribution in [0.2, 0.25) is 0 Å². The summed E-state index contributed by atoms with van der Waals surface area (Å²) in [6.45, 7) is 8.39. The Morgan fingerprint density at radius 2 is 1.73 bits per heavy atom. The highest BCUT2D eigenvalue weighted by Gasteiger charge is 2.37. The number of carboxylic acid groups (broad SMARTS) is 1. The fourth-order valence-corrected chi connectivity index (χ4v) is 3.15. The lowest BCUT2D eigenvalue weighted by Crippen LogP contribution is -2.35. The van der Waals surface area contributed by atoms with E-state index in [1.807, 2.05) is 0 Å². The maximum atomic E-state index is 11.4. The average molecular weight is 232 g/mol. The molecule has 0 heterocycles. The largest absolute Gasteiger partial charge is 0.480 e. The Balaban J connectivity index is 4.54. The van der Waals surface area contributed by atoms with Crippen LogP contribution in [0.3, 0.4) is 0 Å². The third-order valence-electron chi connectivity index (χ3n) is 2.39. The van der Waals surface area contributed by atoms with Crippen LogP contribution in [0.15, 0.2) is 0 Å². The Bertz CT molecular complexity index is 184. The quantitative estimate of drug-likeness (QED) is 0.691. The van der Waals surface area contributed by atoms with E-state index in [4.69, 9.17) is 0 Å². The van der Waals surface area contributed by atoms with Gasteiger partial charge in [0.1, 0.15) is 4.75 Å². The van der Waals surface area contributed by atoms with Crippen molar-refractivity contribution >= 4 is 17.7 Å². The van der Waals surface area contributed by atoms with Gasteiger partial charge in [0, 0.05) is 0 Å². The Morgan fingerprint density at radius 3 is 2.00 bits per heavy atom. The highest BCUT2D eigenvalue weighted by molar-refractivity contribution is 8.01. The Labute approximate surface area is 97.8 Å². The number of carboxylic acids is 1. The lowest BCUT2D eigenvalue weighted by Gasteiger charge is -2.29. The van der Waals surface area contributed by atoms with E-state index < -0.39 is 10.7 Å². The SMILES string of the molecule is CCCC(CCC)(SCC(C)C)C(=O)O. The van der Waals surface area contributed by atoms with E-state index in [9.17, 15) is 9.90 Å². The van der Waals surface area contributed by atoms with Crippen LogP contribution in [0.4, 0.5) is 0 Å². The zero-order chi connectivity index (χ0) is 11.9. The Kier molecular flexibility index (Phi) is 7.07. The Morgan fingerprint density at radius 1 is 1.27 bits per heavy atom. The summed E-state index contributed by atoms with van der Waals surface area (Å²) in [7, 11) is 0. The van der Waals surface area contributed by atoms with E-state index in [0.717, 1.165) is 31.4 Å². The summed E-state index contributed by atoms with van der Waals surface area (Å²) in [5.41, 5.74) is 0. The maximum Gasteiger partial charge on any atom is 0.319 e. The Hall–Kier alpha value is -0.180. The standard InChI is InChI=1S/C12H24O2S/c1-5-7-12(8-6-2,11(13)14)15-9-10(3)4/h10H,5-9H2,1-4H3,(H,13,14). The van der Waals surface area contributed by atoms with Crippen LogP contribution in [0.5, 0.6) is 0 Å². The number of thioether (sulfide) groups is 1. The molecule has 0 rings (SSSR count). The second-order valence-electron chi connectivity index (χ2n) is 4.50. The summed E-state index contributed by atoms with van der Waals surface area (Å²) >= 11 is 1.63. The predicted molar refractivity (Wildman–Crippen MR) is 67.5 cm³/mol. The first-order chi connectivity index (χ1) is 6.98. The predicted octanol–water partition coefficient (Wildman–Crippen LogP) is 3.80. The topological polar surface area (TPSA) is 37.3 Å². The van der Waals surface area contributed by atoms with Crippen LogP contribution in [0.25, 0.3) is 0 Å². The fraction of sp³-hybridized carbons (Fsp3) is 0.917. The van der Waals surface area contributed by atoms with Crippen molar-refractivity contribution < 1.29 is 9.90 Å². The summed E-state index contributed by atoms with van der Waals surface area (Å²) in [5.74, 6) is 0.867. The van der Waals surface area contributed by atoms with Crippen molar-refractivity contribution in [1.82, 2.24) is 0 Å². The van der Waals surface area contributed by atoms with Crippen molar-refractivity contribution in [2.75, 3.05) is 5.75 Å². The van der Waals surface area contributed by atoms with Crippen molar-refractivity contribution in [1.29, 1.82) is 0 Å². The van der Waals surface area contributed by atoms with Gasteiger partial charge in [-0.2, -0.15) is 0 Å². The average Bonchev–Trinajstić information content (AvgIpc) is 2.14. The summed E-state index contributed by atoms with van der Waals surface area (Å²) in [4.78, 5) is 11.4. The van der Waals surface area contributed by atoms with Crippen molar-refractivity contribution in [3.63, 3.8) is 0 Å². The molecule has 0 aromatic carbocycles. The van der Waals surface area contributed by atoms with Crippen LogP contribution in [-0.4, -0.2) is 21.6 Å². The van der Waals surface area contributed by atoms with E-state index in [1.54, 1.807) is 11.8 Å². The molecule has 0 amide bonds. The van der Waals surface area contributed by atoms with E-state index in [2.05, 4.69) is 27.7 Å². The number of rotatable bonds is 8. The molecule has 1 N–H and O–H groups in total. The van der Waals surface area contributed by atoms with E-state index in [1.165, 1.54) is 0 Å². The maximum absolute atomic E-state index is 11.4. The van der Waals surface area contributed by atoms with Crippen LogP contribution in [0, 0.1) is 5.92 Å². The zero-order valence-electron chi connectivity index (χ0n) is 10.4. The molecule has 0 fully saturated rings. The normalized spacial score (nSPS) is 12.1. The molecule has 0 aliphatic heterocycles. The zero-order valence-corrected chi connectivity index (χ0v) is 11.2. The van der Waals surface area contributed by atoms with Gasteiger partial charge in [-0.3, -0.25) is 4.79 Å². The van der Waals surface area contributed by atoms with Gasteiger partial charge in [-0.1, -0.05) is 40.5 Å².